The van der Waals surface area contributed by atoms with Crippen molar-refractivity contribution in [2.75, 3.05) is 40.9 Å². The summed E-state index contributed by atoms with van der Waals surface area (Å²) >= 11 is 0. The standard InChI is InChI=1S/C49H95N2O6P/c1-6-8-10-12-14-16-18-20-21-22-23-24-25-26-27-28-29-31-32-34-36-38-40-42-48(52)47(46-57-58(54,55)56-45-44-51(3,4)5)50-49(53)43-41-39-37-35-33-30-19-17-15-13-11-9-7-2/h9,11,15,17,30,33,47-48,52H,6-8,10,12-14,16,18-29,31-32,34-46H2,1-5H3,(H-,50,53,54,55)/p+1/b11-9-,17-15-,33-30-. The zero-order chi connectivity index (χ0) is 42.8. The average Bonchev–Trinajstić information content (AvgIpc) is 3.17. The van der Waals surface area contributed by atoms with Crippen molar-refractivity contribution in [3.63, 3.8) is 0 Å². The van der Waals surface area contributed by atoms with Gasteiger partial charge >= 0.3 is 7.82 Å². The summed E-state index contributed by atoms with van der Waals surface area (Å²) < 4.78 is 23.6. The number of aliphatic hydroxyl groups is 1. The Hall–Kier alpha value is -1.28. The van der Waals surface area contributed by atoms with Gasteiger partial charge in [0.1, 0.15) is 13.2 Å². The van der Waals surface area contributed by atoms with E-state index in [4.69, 9.17) is 9.05 Å². The minimum Gasteiger partial charge on any atom is -0.391 e. The number of allylic oxidation sites excluding steroid dienone is 6. The zero-order valence-corrected chi connectivity index (χ0v) is 39.7. The van der Waals surface area contributed by atoms with Crippen LogP contribution in [0, 0.1) is 0 Å². The van der Waals surface area contributed by atoms with Crippen LogP contribution in [0.3, 0.4) is 0 Å². The molecule has 342 valence electrons. The van der Waals surface area contributed by atoms with Crippen molar-refractivity contribution in [1.29, 1.82) is 0 Å². The van der Waals surface area contributed by atoms with Crippen LogP contribution >= 0.6 is 7.82 Å². The van der Waals surface area contributed by atoms with Gasteiger partial charge in [0.05, 0.1) is 39.9 Å². The number of quaternary nitrogens is 1. The van der Waals surface area contributed by atoms with Crippen molar-refractivity contribution < 1.29 is 32.9 Å². The molecule has 0 aromatic carbocycles. The molecule has 3 unspecified atom stereocenters. The fourth-order valence-electron chi connectivity index (χ4n) is 7.06. The summed E-state index contributed by atoms with van der Waals surface area (Å²) in [6.07, 6.45) is 50.5. The second-order valence-corrected chi connectivity index (χ2v) is 19.3. The van der Waals surface area contributed by atoms with Crippen LogP contribution in [-0.2, 0) is 18.4 Å². The lowest BCUT2D eigenvalue weighted by molar-refractivity contribution is -0.870. The fraction of sp³-hybridized carbons (Fsp3) is 0.857. The van der Waals surface area contributed by atoms with Gasteiger partial charge in [-0.05, 0) is 44.9 Å². The highest BCUT2D eigenvalue weighted by Crippen LogP contribution is 2.43. The number of amides is 1. The molecule has 0 rings (SSSR count). The predicted octanol–water partition coefficient (Wildman–Crippen LogP) is 13.9. The molecular weight excluding hydrogens is 744 g/mol. The first-order valence-electron chi connectivity index (χ1n) is 24.4. The van der Waals surface area contributed by atoms with Gasteiger partial charge in [0, 0.05) is 6.42 Å². The van der Waals surface area contributed by atoms with E-state index in [0.717, 1.165) is 64.2 Å². The number of likely N-dealkylation sites (N-methyl/N-ethyl adjacent to an activating group) is 1. The smallest absolute Gasteiger partial charge is 0.391 e. The van der Waals surface area contributed by atoms with Crippen LogP contribution in [0.15, 0.2) is 36.5 Å². The Morgan fingerprint density at radius 3 is 1.50 bits per heavy atom. The van der Waals surface area contributed by atoms with E-state index in [1.165, 1.54) is 128 Å². The highest BCUT2D eigenvalue weighted by atomic mass is 31.2. The molecule has 0 radical (unpaired) electrons. The third-order valence-electron chi connectivity index (χ3n) is 10.9. The summed E-state index contributed by atoms with van der Waals surface area (Å²) in [5.41, 5.74) is 0. The Balaban J connectivity index is 4.24. The molecule has 3 atom stereocenters. The Bertz CT molecular complexity index is 1040. The molecule has 0 aliphatic heterocycles. The number of nitrogens with zero attached hydrogens (tertiary/aromatic N) is 1. The Morgan fingerprint density at radius 2 is 1.03 bits per heavy atom. The van der Waals surface area contributed by atoms with Crippen LogP contribution in [0.4, 0.5) is 0 Å². The normalized spacial score (nSPS) is 14.5. The van der Waals surface area contributed by atoms with E-state index in [0.29, 0.717) is 23.9 Å². The first-order chi connectivity index (χ1) is 28.0. The topological polar surface area (TPSA) is 105 Å². The van der Waals surface area contributed by atoms with E-state index < -0.39 is 20.0 Å². The average molecular weight is 840 g/mol. The maximum atomic E-state index is 12.9. The summed E-state index contributed by atoms with van der Waals surface area (Å²) in [6.45, 7) is 4.76. The van der Waals surface area contributed by atoms with Crippen LogP contribution in [0.25, 0.3) is 0 Å². The second-order valence-electron chi connectivity index (χ2n) is 17.8. The van der Waals surface area contributed by atoms with Crippen molar-refractivity contribution in [2.24, 2.45) is 0 Å². The molecule has 0 saturated carbocycles. The van der Waals surface area contributed by atoms with Crippen LogP contribution in [0.1, 0.15) is 219 Å². The zero-order valence-electron chi connectivity index (χ0n) is 38.8. The molecule has 0 spiro atoms. The van der Waals surface area contributed by atoms with Crippen LogP contribution in [0.5, 0.6) is 0 Å². The predicted molar refractivity (Wildman–Crippen MR) is 249 cm³/mol. The van der Waals surface area contributed by atoms with Gasteiger partial charge in [-0.25, -0.2) is 4.57 Å². The number of phosphoric ester groups is 1. The van der Waals surface area contributed by atoms with Crippen molar-refractivity contribution in [3.8, 4) is 0 Å². The molecule has 0 aliphatic rings. The minimum atomic E-state index is -4.32. The summed E-state index contributed by atoms with van der Waals surface area (Å²) in [6, 6.07) is -0.775. The lowest BCUT2D eigenvalue weighted by Crippen LogP contribution is -2.46. The summed E-state index contributed by atoms with van der Waals surface area (Å²) in [4.78, 5) is 23.2. The molecule has 0 heterocycles. The highest BCUT2D eigenvalue weighted by molar-refractivity contribution is 7.47. The van der Waals surface area contributed by atoms with Gasteiger partial charge < -0.3 is 19.8 Å². The highest BCUT2D eigenvalue weighted by Gasteiger charge is 2.28. The minimum absolute atomic E-state index is 0.0684. The van der Waals surface area contributed by atoms with Gasteiger partial charge in [-0.15, -0.1) is 0 Å². The van der Waals surface area contributed by atoms with E-state index in [1.54, 1.807) is 0 Å². The quantitative estimate of drug-likeness (QED) is 0.0244. The number of hydrogen-bond acceptors (Lipinski definition) is 5. The first-order valence-corrected chi connectivity index (χ1v) is 25.8. The molecule has 0 bridgehead atoms. The van der Waals surface area contributed by atoms with Gasteiger partial charge in [0.25, 0.3) is 0 Å². The molecule has 1 amide bonds. The summed E-state index contributed by atoms with van der Waals surface area (Å²) in [5.74, 6) is -0.173. The summed E-state index contributed by atoms with van der Waals surface area (Å²) in [5, 5.41) is 14.0. The van der Waals surface area contributed by atoms with Crippen LogP contribution in [-0.4, -0.2) is 73.4 Å². The van der Waals surface area contributed by atoms with E-state index >= 15 is 0 Å². The second kappa shape index (κ2) is 41.1. The lowest BCUT2D eigenvalue weighted by atomic mass is 10.0. The number of carbonyl (C=O) groups excluding carboxylic acids is 1. The summed E-state index contributed by atoms with van der Waals surface area (Å²) in [7, 11) is 1.60. The third kappa shape index (κ3) is 42.8. The van der Waals surface area contributed by atoms with Crippen molar-refractivity contribution in [1.82, 2.24) is 5.32 Å². The number of rotatable bonds is 44. The third-order valence-corrected chi connectivity index (χ3v) is 11.9. The van der Waals surface area contributed by atoms with Crippen molar-refractivity contribution in [3.05, 3.63) is 36.5 Å². The molecule has 0 fully saturated rings. The molecule has 0 aromatic heterocycles. The molecule has 0 aliphatic carbocycles. The van der Waals surface area contributed by atoms with Crippen LogP contribution in [0.2, 0.25) is 0 Å². The maximum Gasteiger partial charge on any atom is 0.472 e. The van der Waals surface area contributed by atoms with Crippen LogP contribution < -0.4 is 5.32 Å². The molecule has 58 heavy (non-hydrogen) atoms. The lowest BCUT2D eigenvalue weighted by Gasteiger charge is -2.26. The Kier molecular flexibility index (Phi) is 40.2. The van der Waals surface area contributed by atoms with Gasteiger partial charge in [0.2, 0.25) is 5.91 Å². The Labute approximate surface area is 359 Å². The van der Waals surface area contributed by atoms with Gasteiger partial charge in [-0.3, -0.25) is 13.8 Å². The van der Waals surface area contributed by atoms with Gasteiger partial charge in [0.15, 0.2) is 0 Å². The number of hydrogen-bond donors (Lipinski definition) is 3. The largest absolute Gasteiger partial charge is 0.472 e. The molecule has 8 nitrogen and oxygen atoms in total. The van der Waals surface area contributed by atoms with E-state index in [2.05, 4.69) is 55.6 Å². The number of carbonyl (C=O) groups is 1. The van der Waals surface area contributed by atoms with E-state index in [9.17, 15) is 19.4 Å². The Morgan fingerprint density at radius 1 is 0.603 bits per heavy atom. The van der Waals surface area contributed by atoms with E-state index in [-0.39, 0.29) is 19.1 Å². The van der Waals surface area contributed by atoms with Gasteiger partial charge in [-0.2, -0.15) is 0 Å². The van der Waals surface area contributed by atoms with E-state index in [1.807, 2.05) is 21.1 Å². The van der Waals surface area contributed by atoms with Gasteiger partial charge in [-0.1, -0.05) is 204 Å². The number of phosphoric acid groups is 1. The molecule has 0 saturated heterocycles. The number of nitrogens with one attached hydrogen (secondary N) is 1. The number of unbranched alkanes of at least 4 members (excludes halogenated alkanes) is 25. The van der Waals surface area contributed by atoms with Crippen molar-refractivity contribution in [2.45, 2.75) is 231 Å². The molecule has 0 aromatic rings. The molecular formula is C49H96N2O6P+. The van der Waals surface area contributed by atoms with Crippen molar-refractivity contribution >= 4 is 13.7 Å². The molecule has 9 heteroatoms. The maximum absolute atomic E-state index is 12.9. The first kappa shape index (κ1) is 56.7. The fourth-order valence-corrected chi connectivity index (χ4v) is 7.80. The molecule has 3 N–H and O–H groups in total. The SMILES string of the molecule is CC/C=C\C/C=C\C/C=C\CCCCCC(=O)NC(COP(=O)(O)OCC[N+](C)(C)C)C(O)CCCCCCCCCCCCCCCCCCCCCCCCC. The monoisotopic (exact) mass is 840 g/mol. The number of aliphatic hydroxyl groups excluding tert-OH is 1.